The van der Waals surface area contributed by atoms with Gasteiger partial charge in [0.1, 0.15) is 5.75 Å². The van der Waals surface area contributed by atoms with Gasteiger partial charge in [-0.25, -0.2) is 0 Å². The first-order valence-corrected chi connectivity index (χ1v) is 9.99. The number of carbonyl (C=O) groups excluding carboxylic acids is 1. The second-order valence-electron chi connectivity index (χ2n) is 7.60. The third-order valence-corrected chi connectivity index (χ3v) is 5.92. The Morgan fingerprint density at radius 1 is 1.07 bits per heavy atom. The molecular formula is C23H28N2O2. The summed E-state index contributed by atoms with van der Waals surface area (Å²) < 4.78 is 5.33. The van der Waals surface area contributed by atoms with Crippen molar-refractivity contribution in [2.75, 3.05) is 38.2 Å². The molecule has 0 bridgehead atoms. The highest BCUT2D eigenvalue weighted by atomic mass is 16.5. The summed E-state index contributed by atoms with van der Waals surface area (Å²) >= 11 is 0. The minimum Gasteiger partial charge on any atom is -0.497 e. The van der Waals surface area contributed by atoms with Crippen molar-refractivity contribution in [2.24, 2.45) is 0 Å². The largest absolute Gasteiger partial charge is 0.497 e. The summed E-state index contributed by atoms with van der Waals surface area (Å²) in [4.78, 5) is 17.3. The number of likely N-dealkylation sites (tertiary alicyclic amines) is 1. The normalized spacial score (nSPS) is 18.2. The number of amides is 1. The smallest absolute Gasteiger partial charge is 0.241 e. The number of nitrogens with zero attached hydrogens (tertiary/aromatic N) is 2. The molecule has 2 heterocycles. The van der Waals surface area contributed by atoms with Gasteiger partial charge in [0, 0.05) is 12.2 Å². The Morgan fingerprint density at radius 2 is 1.85 bits per heavy atom. The average molecular weight is 364 g/mol. The van der Waals surface area contributed by atoms with Gasteiger partial charge in [0.25, 0.3) is 0 Å². The minimum atomic E-state index is 0.222. The lowest BCUT2D eigenvalue weighted by Gasteiger charge is -2.35. The van der Waals surface area contributed by atoms with Gasteiger partial charge in [0.15, 0.2) is 0 Å². The van der Waals surface area contributed by atoms with Gasteiger partial charge in [-0.3, -0.25) is 9.69 Å². The number of fused-ring (bicyclic) bond motifs is 1. The third-order valence-electron chi connectivity index (χ3n) is 5.92. The molecule has 2 aromatic rings. The second kappa shape index (κ2) is 8.13. The summed E-state index contributed by atoms with van der Waals surface area (Å²) in [7, 11) is 1.69. The number of aryl methyl sites for hydroxylation is 1. The zero-order valence-corrected chi connectivity index (χ0v) is 16.1. The van der Waals surface area contributed by atoms with E-state index in [1.807, 2.05) is 17.0 Å². The molecule has 1 saturated heterocycles. The molecule has 0 spiro atoms. The van der Waals surface area contributed by atoms with Gasteiger partial charge >= 0.3 is 0 Å². The molecule has 0 radical (unpaired) electrons. The molecule has 0 aliphatic carbocycles. The van der Waals surface area contributed by atoms with Gasteiger partial charge in [-0.05, 0) is 74.0 Å². The number of ether oxygens (including phenoxy) is 1. The highest BCUT2D eigenvalue weighted by Gasteiger charge is 2.27. The van der Waals surface area contributed by atoms with Gasteiger partial charge in [-0.1, -0.05) is 30.3 Å². The zero-order chi connectivity index (χ0) is 18.6. The molecule has 0 saturated carbocycles. The highest BCUT2D eigenvalue weighted by Crippen LogP contribution is 2.31. The van der Waals surface area contributed by atoms with Crippen molar-refractivity contribution in [1.29, 1.82) is 0 Å². The summed E-state index contributed by atoms with van der Waals surface area (Å²) in [5, 5.41) is 0. The number of anilines is 1. The number of carbonyl (C=O) groups is 1. The SMILES string of the molecule is COc1ccc2c(c1)CCCN2C(=O)CN1CCC(c2ccccc2)CC1. The Morgan fingerprint density at radius 3 is 2.59 bits per heavy atom. The van der Waals surface area contributed by atoms with Crippen molar-refractivity contribution in [3.63, 3.8) is 0 Å². The van der Waals surface area contributed by atoms with E-state index in [9.17, 15) is 4.79 Å². The summed E-state index contributed by atoms with van der Waals surface area (Å²) in [6, 6.07) is 16.8. The quantitative estimate of drug-likeness (QED) is 0.826. The summed E-state index contributed by atoms with van der Waals surface area (Å²) in [6.45, 7) is 3.33. The molecule has 1 amide bonds. The molecule has 0 unspecified atom stereocenters. The maximum atomic E-state index is 13.0. The van der Waals surface area contributed by atoms with Crippen molar-refractivity contribution in [2.45, 2.75) is 31.6 Å². The molecular weight excluding hydrogens is 336 g/mol. The van der Waals surface area contributed by atoms with Crippen LogP contribution in [-0.2, 0) is 11.2 Å². The first-order chi connectivity index (χ1) is 13.2. The summed E-state index contributed by atoms with van der Waals surface area (Å²) in [5.74, 6) is 1.71. The number of hydrogen-bond acceptors (Lipinski definition) is 3. The molecule has 2 aliphatic rings. The average Bonchev–Trinajstić information content (AvgIpc) is 2.74. The maximum absolute atomic E-state index is 13.0. The molecule has 2 aliphatic heterocycles. The topological polar surface area (TPSA) is 32.8 Å². The summed E-state index contributed by atoms with van der Waals surface area (Å²) in [6.07, 6.45) is 4.29. The molecule has 4 nitrogen and oxygen atoms in total. The highest BCUT2D eigenvalue weighted by molar-refractivity contribution is 5.96. The molecule has 0 atom stereocenters. The van der Waals surface area contributed by atoms with Gasteiger partial charge in [0.05, 0.1) is 13.7 Å². The van der Waals surface area contributed by atoms with Crippen LogP contribution in [0.25, 0.3) is 0 Å². The fraction of sp³-hybridized carbons (Fsp3) is 0.435. The van der Waals surface area contributed by atoms with Crippen molar-refractivity contribution >= 4 is 11.6 Å². The van der Waals surface area contributed by atoms with Crippen molar-refractivity contribution in [3.8, 4) is 5.75 Å². The second-order valence-corrected chi connectivity index (χ2v) is 7.60. The Balaban J connectivity index is 1.37. The molecule has 1 fully saturated rings. The van der Waals surface area contributed by atoms with Gasteiger partial charge < -0.3 is 9.64 Å². The van der Waals surface area contributed by atoms with Crippen LogP contribution < -0.4 is 9.64 Å². The number of hydrogen-bond donors (Lipinski definition) is 0. The van der Waals surface area contributed by atoms with Crippen LogP contribution in [0.4, 0.5) is 5.69 Å². The van der Waals surface area contributed by atoms with Crippen LogP contribution in [-0.4, -0.2) is 44.1 Å². The van der Waals surface area contributed by atoms with E-state index in [0.29, 0.717) is 12.5 Å². The molecule has 0 aromatic heterocycles. The van der Waals surface area contributed by atoms with E-state index in [2.05, 4.69) is 41.3 Å². The lowest BCUT2D eigenvalue weighted by Crippen LogP contribution is -2.45. The Hall–Kier alpha value is -2.33. The Kier molecular flexibility index (Phi) is 5.44. The third kappa shape index (κ3) is 4.01. The fourth-order valence-corrected chi connectivity index (χ4v) is 4.39. The Bertz CT molecular complexity index is 782. The molecule has 27 heavy (non-hydrogen) atoms. The van der Waals surface area contributed by atoms with E-state index < -0.39 is 0 Å². The van der Waals surface area contributed by atoms with Crippen LogP contribution in [0.2, 0.25) is 0 Å². The van der Waals surface area contributed by atoms with E-state index in [1.54, 1.807) is 7.11 Å². The number of piperidine rings is 1. The van der Waals surface area contributed by atoms with Gasteiger partial charge in [0.2, 0.25) is 5.91 Å². The molecule has 2 aromatic carbocycles. The number of methoxy groups -OCH3 is 1. The van der Waals surface area contributed by atoms with E-state index in [1.165, 1.54) is 11.1 Å². The molecule has 4 rings (SSSR count). The molecule has 142 valence electrons. The van der Waals surface area contributed by atoms with E-state index in [0.717, 1.165) is 56.8 Å². The number of benzene rings is 2. The van der Waals surface area contributed by atoms with Crippen LogP contribution in [0.15, 0.2) is 48.5 Å². The van der Waals surface area contributed by atoms with Gasteiger partial charge in [-0.2, -0.15) is 0 Å². The number of rotatable bonds is 4. The molecule has 4 heteroatoms. The predicted octanol–water partition coefficient (Wildman–Crippen LogP) is 3.85. The summed E-state index contributed by atoms with van der Waals surface area (Å²) in [5.41, 5.74) is 3.71. The zero-order valence-electron chi connectivity index (χ0n) is 16.1. The predicted molar refractivity (Wildman–Crippen MR) is 109 cm³/mol. The first-order valence-electron chi connectivity index (χ1n) is 9.99. The van der Waals surface area contributed by atoms with Crippen LogP contribution in [0.5, 0.6) is 5.75 Å². The van der Waals surface area contributed by atoms with Crippen molar-refractivity contribution in [1.82, 2.24) is 4.90 Å². The lowest BCUT2D eigenvalue weighted by atomic mass is 9.89. The van der Waals surface area contributed by atoms with E-state index in [4.69, 9.17) is 4.74 Å². The fourth-order valence-electron chi connectivity index (χ4n) is 4.39. The first kappa shape index (κ1) is 18.1. The molecule has 0 N–H and O–H groups in total. The monoisotopic (exact) mass is 364 g/mol. The van der Waals surface area contributed by atoms with Crippen molar-refractivity contribution < 1.29 is 9.53 Å². The van der Waals surface area contributed by atoms with Crippen LogP contribution in [0.1, 0.15) is 36.3 Å². The Labute approximate surface area is 161 Å². The maximum Gasteiger partial charge on any atom is 0.241 e. The lowest BCUT2D eigenvalue weighted by molar-refractivity contribution is -0.120. The standard InChI is InChI=1S/C23H28N2O2/c1-27-21-9-10-22-20(16-21)8-5-13-25(22)23(26)17-24-14-11-19(12-15-24)18-6-3-2-4-7-18/h2-4,6-7,9-10,16,19H,5,8,11-15,17H2,1H3. The van der Waals surface area contributed by atoms with E-state index >= 15 is 0 Å². The van der Waals surface area contributed by atoms with Crippen LogP contribution in [0.3, 0.4) is 0 Å². The van der Waals surface area contributed by atoms with Crippen molar-refractivity contribution in [3.05, 3.63) is 59.7 Å². The van der Waals surface area contributed by atoms with Crippen LogP contribution >= 0.6 is 0 Å². The van der Waals surface area contributed by atoms with E-state index in [-0.39, 0.29) is 5.91 Å². The van der Waals surface area contributed by atoms with Crippen LogP contribution in [0, 0.1) is 0 Å². The minimum absolute atomic E-state index is 0.222. The van der Waals surface area contributed by atoms with Gasteiger partial charge in [-0.15, -0.1) is 0 Å².